The summed E-state index contributed by atoms with van der Waals surface area (Å²) in [6.45, 7) is 5.00. The Morgan fingerprint density at radius 3 is 1.77 bits per heavy atom. The normalized spacial score (nSPS) is 15.6. The zero-order valence-corrected chi connectivity index (χ0v) is 25.0. The summed E-state index contributed by atoms with van der Waals surface area (Å²) in [6, 6.07) is 10.2. The molecule has 4 rings (SSSR count). The molecule has 12 heteroatoms. The number of carbonyl (C=O) groups is 4. The van der Waals surface area contributed by atoms with E-state index in [-0.39, 0.29) is 18.8 Å². The number of hydrogen-bond acceptors (Lipinski definition) is 6. The lowest BCUT2D eigenvalue weighted by atomic mass is 9.96. The summed E-state index contributed by atoms with van der Waals surface area (Å²) in [6.07, 6.45) is 2.91. The van der Waals surface area contributed by atoms with Crippen molar-refractivity contribution < 1.29 is 29.4 Å². The molecule has 2 aromatic heterocycles. The zero-order valence-electron chi connectivity index (χ0n) is 25.0. The molecule has 0 aliphatic rings. The van der Waals surface area contributed by atoms with Crippen LogP contribution in [0.25, 0.3) is 21.8 Å². The summed E-state index contributed by atoms with van der Waals surface area (Å²) in [5, 5.41) is 29.5. The monoisotopic (exact) mass is 604 g/mol. The van der Waals surface area contributed by atoms with Crippen LogP contribution < -0.4 is 21.7 Å². The molecular formula is C32H40N6O6. The van der Waals surface area contributed by atoms with Crippen molar-refractivity contribution in [1.29, 1.82) is 0 Å². The predicted molar refractivity (Wildman–Crippen MR) is 167 cm³/mol. The van der Waals surface area contributed by atoms with Gasteiger partial charge in [0.1, 0.15) is 24.2 Å². The molecule has 0 saturated carbocycles. The molecule has 0 spiro atoms. The third kappa shape index (κ3) is 7.44. The largest absolute Gasteiger partial charge is 0.480 e. The van der Waals surface area contributed by atoms with E-state index in [0.29, 0.717) is 6.42 Å². The number of carbonyl (C=O) groups excluding carboxylic acids is 3. The minimum Gasteiger partial charge on any atom is -0.480 e. The molecule has 6 atom stereocenters. The Balaban J connectivity index is 1.55. The smallest absolute Gasteiger partial charge is 0.326 e. The van der Waals surface area contributed by atoms with E-state index < -0.39 is 54.0 Å². The summed E-state index contributed by atoms with van der Waals surface area (Å²) >= 11 is 0. The number of carboxylic acid groups (broad SMARTS) is 1. The maximum absolute atomic E-state index is 13.8. The number of aromatic nitrogens is 2. The second-order valence-corrected chi connectivity index (χ2v) is 11.2. The fourth-order valence-corrected chi connectivity index (χ4v) is 5.15. The van der Waals surface area contributed by atoms with Crippen LogP contribution in [0.15, 0.2) is 60.9 Å². The van der Waals surface area contributed by atoms with Crippen LogP contribution in [0, 0.1) is 5.92 Å². The lowest BCUT2D eigenvalue weighted by Crippen LogP contribution is -2.60. The van der Waals surface area contributed by atoms with Gasteiger partial charge >= 0.3 is 5.97 Å². The second-order valence-electron chi connectivity index (χ2n) is 11.2. The molecule has 0 aliphatic carbocycles. The van der Waals surface area contributed by atoms with Gasteiger partial charge in [-0.25, -0.2) is 4.79 Å². The SMILES string of the molecule is CC[C@H](C)[C@H](NC(=O)[C@H](Cc1c[nH]c2ccccc12)NC(=O)[C@@H](N)[C@@H](C)O)C(=O)N[C@@H](Cc1c[nH]c2ccccc12)C(=O)O. The molecule has 2 heterocycles. The number of para-hydroxylation sites is 2. The van der Waals surface area contributed by atoms with Crippen LogP contribution in [0.3, 0.4) is 0 Å². The first-order valence-corrected chi connectivity index (χ1v) is 14.7. The van der Waals surface area contributed by atoms with Gasteiger partial charge in [-0.2, -0.15) is 0 Å². The molecule has 3 amide bonds. The van der Waals surface area contributed by atoms with Crippen molar-refractivity contribution in [2.75, 3.05) is 0 Å². The number of hydrogen-bond donors (Lipinski definition) is 8. The van der Waals surface area contributed by atoms with Gasteiger partial charge in [0.05, 0.1) is 6.10 Å². The van der Waals surface area contributed by atoms with Gasteiger partial charge in [0, 0.05) is 47.0 Å². The molecule has 0 saturated heterocycles. The van der Waals surface area contributed by atoms with Crippen molar-refractivity contribution in [2.24, 2.45) is 11.7 Å². The minimum atomic E-state index is -1.28. The lowest BCUT2D eigenvalue weighted by molar-refractivity contribution is -0.142. The van der Waals surface area contributed by atoms with E-state index >= 15 is 0 Å². The zero-order chi connectivity index (χ0) is 32.0. The van der Waals surface area contributed by atoms with Gasteiger partial charge in [-0.05, 0) is 36.1 Å². The number of nitrogens with one attached hydrogen (secondary N) is 5. The van der Waals surface area contributed by atoms with Crippen LogP contribution in [-0.2, 0) is 32.0 Å². The fraction of sp³-hybridized carbons (Fsp3) is 0.375. The average molecular weight is 605 g/mol. The molecule has 0 fully saturated rings. The maximum Gasteiger partial charge on any atom is 0.326 e. The van der Waals surface area contributed by atoms with E-state index in [1.807, 2.05) is 55.5 Å². The molecular weight excluding hydrogens is 564 g/mol. The van der Waals surface area contributed by atoms with Gasteiger partial charge in [-0.3, -0.25) is 14.4 Å². The highest BCUT2D eigenvalue weighted by atomic mass is 16.4. The highest BCUT2D eigenvalue weighted by Gasteiger charge is 2.34. The first-order valence-electron chi connectivity index (χ1n) is 14.7. The van der Waals surface area contributed by atoms with Crippen molar-refractivity contribution in [2.45, 2.75) is 70.3 Å². The molecule has 0 aliphatic heterocycles. The highest BCUT2D eigenvalue weighted by molar-refractivity contribution is 5.95. The Labute approximate surface area is 254 Å². The summed E-state index contributed by atoms with van der Waals surface area (Å²) in [5.74, 6) is -3.61. The summed E-state index contributed by atoms with van der Waals surface area (Å²) < 4.78 is 0. The number of H-pyrrole nitrogens is 2. The molecule has 4 aromatic rings. The average Bonchev–Trinajstić information content (AvgIpc) is 3.62. The number of nitrogens with two attached hydrogens (primary N) is 1. The number of aliphatic carboxylic acids is 1. The quantitative estimate of drug-likeness (QED) is 0.107. The van der Waals surface area contributed by atoms with E-state index in [2.05, 4.69) is 25.9 Å². The Hall–Kier alpha value is -4.68. The van der Waals surface area contributed by atoms with E-state index in [9.17, 15) is 29.4 Å². The summed E-state index contributed by atoms with van der Waals surface area (Å²) in [7, 11) is 0. The number of aliphatic hydroxyl groups is 1. The number of fused-ring (bicyclic) bond motifs is 2. The number of aromatic amines is 2. The molecule has 234 valence electrons. The van der Waals surface area contributed by atoms with Crippen LogP contribution in [0.1, 0.15) is 38.3 Å². The van der Waals surface area contributed by atoms with Crippen LogP contribution in [0.4, 0.5) is 0 Å². The number of benzene rings is 2. The molecule has 0 bridgehead atoms. The number of amides is 3. The van der Waals surface area contributed by atoms with Crippen molar-refractivity contribution >= 4 is 45.5 Å². The van der Waals surface area contributed by atoms with Crippen molar-refractivity contribution in [1.82, 2.24) is 25.9 Å². The van der Waals surface area contributed by atoms with Gasteiger partial charge in [0.25, 0.3) is 0 Å². The van der Waals surface area contributed by atoms with Crippen LogP contribution in [0.5, 0.6) is 0 Å². The third-order valence-electron chi connectivity index (χ3n) is 8.06. The fourth-order valence-electron chi connectivity index (χ4n) is 5.15. The van der Waals surface area contributed by atoms with Crippen LogP contribution in [-0.4, -0.2) is 74.1 Å². The first kappa shape index (κ1) is 32.2. The minimum absolute atomic E-state index is 0.0305. The molecule has 0 unspecified atom stereocenters. The predicted octanol–water partition coefficient (Wildman–Crippen LogP) is 1.73. The summed E-state index contributed by atoms with van der Waals surface area (Å²) in [4.78, 5) is 58.6. The molecule has 12 nitrogen and oxygen atoms in total. The van der Waals surface area contributed by atoms with Crippen molar-refractivity contribution in [3.05, 3.63) is 72.1 Å². The summed E-state index contributed by atoms with van der Waals surface area (Å²) in [5.41, 5.74) is 9.02. The Morgan fingerprint density at radius 2 is 1.27 bits per heavy atom. The van der Waals surface area contributed by atoms with Crippen molar-refractivity contribution in [3.8, 4) is 0 Å². The van der Waals surface area contributed by atoms with E-state index in [0.717, 1.165) is 32.9 Å². The maximum atomic E-state index is 13.8. The number of rotatable bonds is 14. The number of carboxylic acids is 1. The molecule has 2 aromatic carbocycles. The molecule has 9 N–H and O–H groups in total. The van der Waals surface area contributed by atoms with E-state index in [1.54, 1.807) is 19.3 Å². The van der Waals surface area contributed by atoms with Gasteiger partial charge < -0.3 is 41.9 Å². The highest BCUT2D eigenvalue weighted by Crippen LogP contribution is 2.21. The Kier molecular flexibility index (Phi) is 10.4. The lowest BCUT2D eigenvalue weighted by Gasteiger charge is -2.28. The second kappa shape index (κ2) is 14.2. The van der Waals surface area contributed by atoms with Crippen molar-refractivity contribution in [3.63, 3.8) is 0 Å². The van der Waals surface area contributed by atoms with E-state index in [1.165, 1.54) is 6.92 Å². The molecule has 44 heavy (non-hydrogen) atoms. The topological polar surface area (TPSA) is 202 Å². The standard InChI is InChI=1S/C32H40N6O6/c1-4-17(2)28(31(42)37-26(32(43)44)14-20-16-35-24-12-8-6-10-22(20)24)38-29(40)25(36-30(41)27(33)18(3)39)13-19-15-34-23-11-7-5-9-21(19)23/h5-12,15-18,25-28,34-35,39H,4,13-14,33H2,1-3H3,(H,36,41)(H,37,42)(H,38,40)(H,43,44)/t17-,18+,25-,26-,27-,28-/m0/s1. The first-order chi connectivity index (χ1) is 21.0. The van der Waals surface area contributed by atoms with E-state index in [4.69, 9.17) is 5.73 Å². The van der Waals surface area contributed by atoms with Crippen LogP contribution in [0.2, 0.25) is 0 Å². The number of aliphatic hydroxyl groups excluding tert-OH is 1. The van der Waals surface area contributed by atoms with Gasteiger partial charge in [0.2, 0.25) is 17.7 Å². The Morgan fingerprint density at radius 1 is 0.773 bits per heavy atom. The third-order valence-corrected chi connectivity index (χ3v) is 8.06. The molecule has 0 radical (unpaired) electrons. The van der Waals surface area contributed by atoms with Gasteiger partial charge in [-0.15, -0.1) is 0 Å². The van der Waals surface area contributed by atoms with Crippen LogP contribution >= 0.6 is 0 Å². The Bertz CT molecular complexity index is 1630. The van der Waals surface area contributed by atoms with Gasteiger partial charge in [0.15, 0.2) is 0 Å². The van der Waals surface area contributed by atoms with Gasteiger partial charge in [-0.1, -0.05) is 56.7 Å².